The lowest BCUT2D eigenvalue weighted by atomic mass is 9.80. The number of aromatic nitrogens is 2. The van der Waals surface area contributed by atoms with Crippen molar-refractivity contribution in [1.82, 2.24) is 14.7 Å². The highest BCUT2D eigenvalue weighted by atomic mass is 16.4. The second-order valence-corrected chi connectivity index (χ2v) is 4.98. The van der Waals surface area contributed by atoms with Crippen molar-refractivity contribution in [3.05, 3.63) is 18.5 Å². The number of carboxylic acids is 1. The molecule has 0 amide bonds. The zero-order chi connectivity index (χ0) is 12.3. The van der Waals surface area contributed by atoms with E-state index in [1.54, 1.807) is 6.20 Å². The van der Waals surface area contributed by atoms with Crippen LogP contribution in [0.4, 0.5) is 0 Å². The molecule has 1 saturated heterocycles. The maximum atomic E-state index is 11.1. The molecule has 5 nitrogen and oxygen atoms in total. The van der Waals surface area contributed by atoms with Crippen LogP contribution in [0, 0.1) is 5.41 Å². The quantitative estimate of drug-likeness (QED) is 0.851. The van der Waals surface area contributed by atoms with Crippen molar-refractivity contribution in [3.8, 4) is 0 Å². The van der Waals surface area contributed by atoms with E-state index in [-0.39, 0.29) is 0 Å². The van der Waals surface area contributed by atoms with Gasteiger partial charge in [0.2, 0.25) is 0 Å². The number of rotatable bonds is 4. The molecule has 5 heteroatoms. The van der Waals surface area contributed by atoms with E-state index in [4.69, 9.17) is 5.11 Å². The number of piperidine rings is 1. The molecule has 0 aromatic carbocycles. The Morgan fingerprint density at radius 2 is 2.12 bits per heavy atom. The Kier molecular flexibility index (Phi) is 3.47. The van der Waals surface area contributed by atoms with Crippen LogP contribution >= 0.6 is 0 Å². The molecule has 2 heterocycles. The van der Waals surface area contributed by atoms with Gasteiger partial charge in [0.15, 0.2) is 0 Å². The van der Waals surface area contributed by atoms with Crippen LogP contribution in [-0.4, -0.2) is 45.4 Å². The molecule has 1 aromatic rings. The van der Waals surface area contributed by atoms with E-state index in [1.165, 1.54) is 0 Å². The number of hydrogen-bond acceptors (Lipinski definition) is 3. The highest BCUT2D eigenvalue weighted by Gasteiger charge is 2.36. The van der Waals surface area contributed by atoms with E-state index in [0.29, 0.717) is 0 Å². The number of aliphatic carboxylic acids is 1. The molecular formula is C12H19N3O2. The van der Waals surface area contributed by atoms with Gasteiger partial charge in [0.1, 0.15) is 0 Å². The van der Waals surface area contributed by atoms with Crippen molar-refractivity contribution in [2.45, 2.75) is 26.3 Å². The van der Waals surface area contributed by atoms with E-state index in [1.807, 2.05) is 23.9 Å². The largest absolute Gasteiger partial charge is 0.481 e. The minimum atomic E-state index is -0.663. The minimum absolute atomic E-state index is 0.526. The van der Waals surface area contributed by atoms with Crippen LogP contribution in [0.5, 0.6) is 0 Å². The van der Waals surface area contributed by atoms with Crippen molar-refractivity contribution in [3.63, 3.8) is 0 Å². The molecule has 0 saturated carbocycles. The summed E-state index contributed by atoms with van der Waals surface area (Å²) in [5, 5.41) is 13.3. The van der Waals surface area contributed by atoms with Crippen molar-refractivity contribution in [2.75, 3.05) is 19.6 Å². The maximum Gasteiger partial charge on any atom is 0.309 e. The predicted octanol–water partition coefficient (Wildman–Crippen LogP) is 1.07. The fourth-order valence-electron chi connectivity index (χ4n) is 2.16. The Balaban J connectivity index is 1.78. The lowest BCUT2D eigenvalue weighted by Gasteiger charge is -2.36. The van der Waals surface area contributed by atoms with E-state index in [0.717, 1.165) is 39.0 Å². The fourth-order valence-corrected chi connectivity index (χ4v) is 2.16. The monoisotopic (exact) mass is 237 g/mol. The molecule has 17 heavy (non-hydrogen) atoms. The third-order valence-corrected chi connectivity index (χ3v) is 3.68. The molecule has 0 bridgehead atoms. The first-order valence-corrected chi connectivity index (χ1v) is 6.03. The van der Waals surface area contributed by atoms with Crippen LogP contribution in [0.3, 0.4) is 0 Å². The lowest BCUT2D eigenvalue weighted by molar-refractivity contribution is -0.150. The van der Waals surface area contributed by atoms with Crippen LogP contribution in [0.1, 0.15) is 19.8 Å². The van der Waals surface area contributed by atoms with Gasteiger partial charge in [-0.15, -0.1) is 0 Å². The van der Waals surface area contributed by atoms with Crippen LogP contribution in [-0.2, 0) is 11.3 Å². The summed E-state index contributed by atoms with van der Waals surface area (Å²) in [5.74, 6) is -0.663. The molecule has 0 radical (unpaired) electrons. The molecule has 2 rings (SSSR count). The van der Waals surface area contributed by atoms with Crippen LogP contribution in [0.2, 0.25) is 0 Å². The standard InChI is InChI=1S/C12H19N3O2/c1-12(11(16)17)3-7-14(8-4-12)9-10-15-6-2-5-13-15/h2,5-6H,3-4,7-10H2,1H3,(H,16,17). The summed E-state index contributed by atoms with van der Waals surface area (Å²) in [6, 6.07) is 1.91. The topological polar surface area (TPSA) is 58.4 Å². The van der Waals surface area contributed by atoms with Crippen molar-refractivity contribution >= 4 is 5.97 Å². The van der Waals surface area contributed by atoms with Crippen molar-refractivity contribution < 1.29 is 9.90 Å². The molecule has 94 valence electrons. The summed E-state index contributed by atoms with van der Waals surface area (Å²) < 4.78 is 1.91. The number of nitrogens with zero attached hydrogens (tertiary/aromatic N) is 3. The Bertz CT molecular complexity index is 367. The first-order chi connectivity index (χ1) is 8.10. The lowest BCUT2D eigenvalue weighted by Crippen LogP contribution is -2.43. The van der Waals surface area contributed by atoms with Gasteiger partial charge in [-0.2, -0.15) is 5.10 Å². The molecular weight excluding hydrogens is 218 g/mol. The predicted molar refractivity (Wildman–Crippen MR) is 63.6 cm³/mol. The molecule has 0 atom stereocenters. The number of hydrogen-bond donors (Lipinski definition) is 1. The molecule has 0 spiro atoms. The fraction of sp³-hybridized carbons (Fsp3) is 0.667. The summed E-state index contributed by atoms with van der Waals surface area (Å²) >= 11 is 0. The number of likely N-dealkylation sites (tertiary alicyclic amines) is 1. The molecule has 0 unspecified atom stereocenters. The smallest absolute Gasteiger partial charge is 0.309 e. The Morgan fingerprint density at radius 3 is 2.65 bits per heavy atom. The van der Waals surface area contributed by atoms with Gasteiger partial charge in [-0.1, -0.05) is 0 Å². The SMILES string of the molecule is CC1(C(=O)O)CCN(CCn2cccn2)CC1. The second-order valence-electron chi connectivity index (χ2n) is 4.98. The van der Waals surface area contributed by atoms with Gasteiger partial charge < -0.3 is 10.0 Å². The van der Waals surface area contributed by atoms with Gasteiger partial charge >= 0.3 is 5.97 Å². The van der Waals surface area contributed by atoms with Gasteiger partial charge in [0, 0.05) is 18.9 Å². The van der Waals surface area contributed by atoms with Gasteiger partial charge in [-0.25, -0.2) is 0 Å². The number of carboxylic acid groups (broad SMARTS) is 1. The van der Waals surface area contributed by atoms with E-state index in [9.17, 15) is 4.79 Å². The molecule has 1 fully saturated rings. The molecule has 1 aliphatic rings. The molecule has 1 aromatic heterocycles. The Hall–Kier alpha value is -1.36. The highest BCUT2D eigenvalue weighted by Crippen LogP contribution is 2.30. The zero-order valence-electron chi connectivity index (χ0n) is 10.2. The van der Waals surface area contributed by atoms with Gasteiger partial charge in [-0.05, 0) is 38.9 Å². The summed E-state index contributed by atoms with van der Waals surface area (Å²) in [6.45, 7) is 5.39. The normalized spacial score (nSPS) is 20.3. The first kappa shape index (κ1) is 12.1. The Labute approximate surface area is 101 Å². The third-order valence-electron chi connectivity index (χ3n) is 3.68. The molecule has 1 N–H and O–H groups in total. The first-order valence-electron chi connectivity index (χ1n) is 6.03. The molecule has 0 aliphatic carbocycles. The van der Waals surface area contributed by atoms with E-state index in [2.05, 4.69) is 10.00 Å². The van der Waals surface area contributed by atoms with Gasteiger partial charge in [-0.3, -0.25) is 9.48 Å². The average Bonchev–Trinajstić information content (AvgIpc) is 2.81. The minimum Gasteiger partial charge on any atom is -0.481 e. The zero-order valence-corrected chi connectivity index (χ0v) is 10.2. The van der Waals surface area contributed by atoms with Crippen LogP contribution in [0.25, 0.3) is 0 Å². The summed E-state index contributed by atoms with van der Waals surface area (Å²) in [4.78, 5) is 13.4. The van der Waals surface area contributed by atoms with Gasteiger partial charge in [0.25, 0.3) is 0 Å². The van der Waals surface area contributed by atoms with E-state index >= 15 is 0 Å². The molecule has 1 aliphatic heterocycles. The summed E-state index contributed by atoms with van der Waals surface area (Å²) in [6.07, 6.45) is 5.20. The maximum absolute atomic E-state index is 11.1. The van der Waals surface area contributed by atoms with Crippen LogP contribution < -0.4 is 0 Å². The van der Waals surface area contributed by atoms with Gasteiger partial charge in [0.05, 0.1) is 12.0 Å². The van der Waals surface area contributed by atoms with Crippen LogP contribution in [0.15, 0.2) is 18.5 Å². The van der Waals surface area contributed by atoms with Crippen molar-refractivity contribution in [2.24, 2.45) is 5.41 Å². The summed E-state index contributed by atoms with van der Waals surface area (Å²) in [7, 11) is 0. The van der Waals surface area contributed by atoms with Crippen molar-refractivity contribution in [1.29, 1.82) is 0 Å². The van der Waals surface area contributed by atoms with E-state index < -0.39 is 11.4 Å². The second kappa shape index (κ2) is 4.87. The number of carbonyl (C=O) groups is 1. The third kappa shape index (κ3) is 2.85. The summed E-state index contributed by atoms with van der Waals surface area (Å²) in [5.41, 5.74) is -0.526. The highest BCUT2D eigenvalue weighted by molar-refractivity contribution is 5.74. The Morgan fingerprint density at radius 1 is 1.41 bits per heavy atom. The average molecular weight is 237 g/mol.